The van der Waals surface area contributed by atoms with Crippen LogP contribution in [-0.2, 0) is 10.0 Å². The largest absolute Gasteiger partial charge is 0.394 e. The number of halogens is 2. The molecular formula is C8H10BrClN2O4S. The highest BCUT2D eigenvalue weighted by Gasteiger charge is 2.20. The van der Waals surface area contributed by atoms with Gasteiger partial charge in [-0.25, -0.2) is 18.1 Å². The highest BCUT2D eigenvalue weighted by Crippen LogP contribution is 2.22. The summed E-state index contributed by atoms with van der Waals surface area (Å²) in [6.07, 6.45) is 0.202. The Morgan fingerprint density at radius 2 is 2.24 bits per heavy atom. The van der Waals surface area contributed by atoms with E-state index in [1.165, 1.54) is 12.3 Å². The van der Waals surface area contributed by atoms with Gasteiger partial charge in [-0.15, -0.1) is 0 Å². The maximum Gasteiger partial charge on any atom is 0.243 e. The Bertz CT molecular complexity index is 496. The lowest BCUT2D eigenvalue weighted by Crippen LogP contribution is -2.34. The Labute approximate surface area is 112 Å². The van der Waals surface area contributed by atoms with Gasteiger partial charge in [-0.05, 0) is 22.0 Å². The Morgan fingerprint density at radius 3 is 2.82 bits per heavy atom. The average molecular weight is 346 g/mol. The Balaban J connectivity index is 2.93. The number of pyridine rings is 1. The molecule has 0 bridgehead atoms. The van der Waals surface area contributed by atoms with Crippen molar-refractivity contribution < 1.29 is 18.6 Å². The molecule has 17 heavy (non-hydrogen) atoms. The van der Waals surface area contributed by atoms with Crippen molar-refractivity contribution in [3.8, 4) is 0 Å². The molecule has 3 N–H and O–H groups in total. The van der Waals surface area contributed by atoms with Crippen molar-refractivity contribution in [3.63, 3.8) is 0 Å². The summed E-state index contributed by atoms with van der Waals surface area (Å²) in [6.45, 7) is -0.839. The molecule has 96 valence electrons. The number of nitrogens with zero attached hydrogens (tertiary/aromatic N) is 1. The molecule has 1 unspecified atom stereocenters. The number of rotatable bonds is 5. The molecule has 0 aliphatic rings. The van der Waals surface area contributed by atoms with Crippen molar-refractivity contribution in [1.29, 1.82) is 0 Å². The summed E-state index contributed by atoms with van der Waals surface area (Å²) in [5, 5.41) is 17.5. The van der Waals surface area contributed by atoms with Crippen molar-refractivity contribution in [2.75, 3.05) is 13.2 Å². The van der Waals surface area contributed by atoms with Gasteiger partial charge in [0.1, 0.15) is 10.0 Å². The first-order valence-corrected chi connectivity index (χ1v) is 7.12. The molecule has 9 heteroatoms. The first kappa shape index (κ1) is 14.8. The molecule has 1 rings (SSSR count). The van der Waals surface area contributed by atoms with Crippen LogP contribution in [0, 0.1) is 0 Å². The quantitative estimate of drug-likeness (QED) is 0.659. The van der Waals surface area contributed by atoms with Gasteiger partial charge in [-0.3, -0.25) is 0 Å². The molecule has 0 radical (unpaired) electrons. The van der Waals surface area contributed by atoms with Gasteiger partial charge < -0.3 is 10.2 Å². The van der Waals surface area contributed by atoms with Crippen LogP contribution < -0.4 is 4.72 Å². The van der Waals surface area contributed by atoms with Crippen LogP contribution in [0.4, 0.5) is 0 Å². The predicted molar refractivity (Wildman–Crippen MR) is 65.2 cm³/mol. The van der Waals surface area contributed by atoms with Crippen LogP contribution in [-0.4, -0.2) is 42.9 Å². The Hall–Kier alpha value is -0.250. The smallest absolute Gasteiger partial charge is 0.243 e. The molecule has 1 aromatic rings. The second kappa shape index (κ2) is 6.07. The van der Waals surface area contributed by atoms with Gasteiger partial charge in [0.15, 0.2) is 0 Å². The van der Waals surface area contributed by atoms with Crippen molar-refractivity contribution in [1.82, 2.24) is 9.71 Å². The van der Waals surface area contributed by atoms with Gasteiger partial charge in [-0.1, -0.05) is 11.6 Å². The maximum absolute atomic E-state index is 11.8. The van der Waals surface area contributed by atoms with Crippen molar-refractivity contribution in [3.05, 3.63) is 21.9 Å². The second-order valence-electron chi connectivity index (χ2n) is 3.13. The zero-order valence-electron chi connectivity index (χ0n) is 8.47. The number of aliphatic hydroxyl groups excluding tert-OH is 2. The molecule has 0 aliphatic heterocycles. The number of aromatic nitrogens is 1. The third-order valence-electron chi connectivity index (χ3n) is 1.78. The summed E-state index contributed by atoms with van der Waals surface area (Å²) < 4.78 is 26.1. The fraction of sp³-hybridized carbons (Fsp3) is 0.375. The lowest BCUT2D eigenvalue weighted by molar-refractivity contribution is 0.0988. The topological polar surface area (TPSA) is 99.5 Å². The van der Waals surface area contributed by atoms with Crippen LogP contribution in [0.25, 0.3) is 0 Å². The van der Waals surface area contributed by atoms with Gasteiger partial charge in [0, 0.05) is 17.2 Å². The van der Waals surface area contributed by atoms with Gasteiger partial charge >= 0.3 is 0 Å². The maximum atomic E-state index is 11.8. The van der Waals surface area contributed by atoms with Crippen molar-refractivity contribution in [2.45, 2.75) is 11.0 Å². The molecule has 0 aliphatic carbocycles. The van der Waals surface area contributed by atoms with E-state index in [1.54, 1.807) is 0 Å². The van der Waals surface area contributed by atoms with Crippen LogP contribution in [0.3, 0.4) is 0 Å². The third kappa shape index (κ3) is 4.16. The monoisotopic (exact) mass is 344 g/mol. The lowest BCUT2D eigenvalue weighted by atomic mass is 10.4. The van der Waals surface area contributed by atoms with Gasteiger partial charge in [0.25, 0.3) is 0 Å². The molecule has 6 nitrogen and oxygen atoms in total. The molecule has 0 spiro atoms. The molecule has 0 saturated carbocycles. The minimum atomic E-state index is -3.86. The minimum absolute atomic E-state index is 0.167. The van der Waals surface area contributed by atoms with E-state index in [-0.39, 0.29) is 16.6 Å². The molecule has 1 atom stereocenters. The Kier molecular flexibility index (Phi) is 5.29. The molecule has 1 heterocycles. The third-order valence-corrected chi connectivity index (χ3v) is 4.07. The van der Waals surface area contributed by atoms with E-state index in [9.17, 15) is 8.42 Å². The molecule has 0 fully saturated rings. The normalized spacial score (nSPS) is 13.6. The number of hydrogen-bond donors (Lipinski definition) is 3. The van der Waals surface area contributed by atoms with Crippen LogP contribution in [0.5, 0.6) is 0 Å². The second-order valence-corrected chi connectivity index (χ2v) is 6.14. The van der Waals surface area contributed by atoms with Gasteiger partial charge in [0.05, 0.1) is 12.7 Å². The lowest BCUT2D eigenvalue weighted by Gasteiger charge is -2.10. The highest BCUT2D eigenvalue weighted by atomic mass is 79.9. The predicted octanol–water partition coefficient (Wildman–Crippen LogP) is 0.129. The molecule has 1 aromatic heterocycles. The standard InChI is InChI=1S/C8H10BrClN2O4S/c9-5-1-7(8(10)11-2-5)17(15,16)12-3-6(14)4-13/h1-2,6,12-14H,3-4H2. The van der Waals surface area contributed by atoms with Crippen molar-refractivity contribution >= 4 is 37.6 Å². The molecule has 0 saturated heterocycles. The number of aliphatic hydroxyl groups is 2. The number of hydrogen-bond acceptors (Lipinski definition) is 5. The average Bonchev–Trinajstić information content (AvgIpc) is 2.29. The van der Waals surface area contributed by atoms with Crippen LogP contribution >= 0.6 is 27.5 Å². The number of sulfonamides is 1. The first-order valence-electron chi connectivity index (χ1n) is 4.46. The summed E-state index contributed by atoms with van der Waals surface area (Å²) in [7, 11) is -3.86. The van der Waals surface area contributed by atoms with Gasteiger partial charge in [-0.2, -0.15) is 0 Å². The van der Waals surface area contributed by atoms with E-state index in [0.29, 0.717) is 4.47 Å². The zero-order valence-corrected chi connectivity index (χ0v) is 11.6. The summed E-state index contributed by atoms with van der Waals surface area (Å²) in [6, 6.07) is 1.29. The molecular weight excluding hydrogens is 336 g/mol. The summed E-state index contributed by atoms with van der Waals surface area (Å²) in [5.41, 5.74) is 0. The van der Waals surface area contributed by atoms with Crippen LogP contribution in [0.2, 0.25) is 5.15 Å². The van der Waals surface area contributed by atoms with E-state index in [4.69, 9.17) is 21.8 Å². The zero-order chi connectivity index (χ0) is 13.1. The fourth-order valence-electron chi connectivity index (χ4n) is 0.941. The van der Waals surface area contributed by atoms with E-state index in [2.05, 4.69) is 25.6 Å². The molecule has 0 amide bonds. The fourth-order valence-corrected chi connectivity index (χ4v) is 2.96. The van der Waals surface area contributed by atoms with Crippen LogP contribution in [0.1, 0.15) is 0 Å². The van der Waals surface area contributed by atoms with E-state index < -0.39 is 22.7 Å². The summed E-state index contributed by atoms with van der Waals surface area (Å²) in [4.78, 5) is 3.48. The van der Waals surface area contributed by atoms with Crippen molar-refractivity contribution in [2.24, 2.45) is 0 Å². The molecule has 0 aromatic carbocycles. The van der Waals surface area contributed by atoms with E-state index in [0.717, 1.165) is 0 Å². The van der Waals surface area contributed by atoms with E-state index >= 15 is 0 Å². The first-order chi connectivity index (χ1) is 7.86. The van der Waals surface area contributed by atoms with Crippen LogP contribution in [0.15, 0.2) is 21.6 Å². The minimum Gasteiger partial charge on any atom is -0.394 e. The summed E-state index contributed by atoms with van der Waals surface area (Å²) in [5.74, 6) is 0. The van der Waals surface area contributed by atoms with E-state index in [1.807, 2.05) is 0 Å². The highest BCUT2D eigenvalue weighted by molar-refractivity contribution is 9.10. The SMILES string of the molecule is O=S(=O)(NCC(O)CO)c1cc(Br)cnc1Cl. The number of nitrogens with one attached hydrogen (secondary N) is 1. The van der Waals surface area contributed by atoms with Gasteiger partial charge in [0.2, 0.25) is 10.0 Å². The Morgan fingerprint density at radius 1 is 1.59 bits per heavy atom. The summed E-state index contributed by atoms with van der Waals surface area (Å²) >= 11 is 8.75.